The second-order valence-corrected chi connectivity index (χ2v) is 7.48. The van der Waals surface area contributed by atoms with Crippen molar-refractivity contribution in [3.63, 3.8) is 0 Å². The zero-order chi connectivity index (χ0) is 17.4. The molecule has 1 aliphatic carbocycles. The Morgan fingerprint density at radius 2 is 2.08 bits per heavy atom. The molecular formula is C17H27N7O. The third-order valence-corrected chi connectivity index (χ3v) is 5.37. The molecule has 25 heavy (non-hydrogen) atoms. The Morgan fingerprint density at radius 3 is 2.80 bits per heavy atom. The van der Waals surface area contributed by atoms with Crippen molar-refractivity contribution < 1.29 is 4.52 Å². The molecule has 1 saturated heterocycles. The van der Waals surface area contributed by atoms with Gasteiger partial charge in [-0.3, -0.25) is 9.80 Å². The summed E-state index contributed by atoms with van der Waals surface area (Å²) in [7, 11) is 4.29. The molecule has 2 aromatic rings. The molecule has 2 aliphatic rings. The van der Waals surface area contributed by atoms with Gasteiger partial charge in [-0.25, -0.2) is 0 Å². The van der Waals surface area contributed by atoms with Crippen molar-refractivity contribution >= 4 is 0 Å². The van der Waals surface area contributed by atoms with Gasteiger partial charge >= 0.3 is 0 Å². The second kappa shape index (κ2) is 6.84. The van der Waals surface area contributed by atoms with Crippen molar-refractivity contribution in [3.05, 3.63) is 23.4 Å². The molecule has 1 atom stereocenters. The number of likely N-dealkylation sites (tertiary alicyclic amines) is 1. The zero-order valence-electron chi connectivity index (χ0n) is 15.4. The summed E-state index contributed by atoms with van der Waals surface area (Å²) in [6.45, 7) is 5.55. The monoisotopic (exact) mass is 345 g/mol. The van der Waals surface area contributed by atoms with Gasteiger partial charge in [0.2, 0.25) is 5.89 Å². The molecule has 0 amide bonds. The lowest BCUT2D eigenvalue weighted by Gasteiger charge is -2.37. The molecule has 0 spiro atoms. The first-order valence-corrected chi connectivity index (χ1v) is 9.20. The minimum absolute atomic E-state index is 0.517. The fraction of sp³-hybridized carbons (Fsp3) is 0.765. The van der Waals surface area contributed by atoms with Crippen LogP contribution in [0.5, 0.6) is 0 Å². The Morgan fingerprint density at radius 1 is 1.24 bits per heavy atom. The van der Waals surface area contributed by atoms with Crippen LogP contribution in [0.2, 0.25) is 0 Å². The maximum atomic E-state index is 5.08. The summed E-state index contributed by atoms with van der Waals surface area (Å²) in [6, 6.07) is 0.517. The summed E-state index contributed by atoms with van der Waals surface area (Å²) < 4.78 is 7.27. The van der Waals surface area contributed by atoms with Crippen LogP contribution in [0.1, 0.15) is 55.0 Å². The van der Waals surface area contributed by atoms with Gasteiger partial charge in [-0.15, -0.1) is 10.2 Å². The number of nitrogens with zero attached hydrogens (tertiary/aromatic N) is 7. The van der Waals surface area contributed by atoms with Gasteiger partial charge in [-0.05, 0) is 39.3 Å². The summed E-state index contributed by atoms with van der Waals surface area (Å²) in [4.78, 5) is 9.15. The zero-order valence-corrected chi connectivity index (χ0v) is 15.4. The number of likely N-dealkylation sites (N-methyl/N-ethyl adjacent to an activating group) is 1. The van der Waals surface area contributed by atoms with E-state index >= 15 is 0 Å². The van der Waals surface area contributed by atoms with Gasteiger partial charge in [0.15, 0.2) is 5.82 Å². The van der Waals surface area contributed by atoms with Crippen molar-refractivity contribution in [2.24, 2.45) is 7.05 Å². The van der Waals surface area contributed by atoms with Gasteiger partial charge in [0.25, 0.3) is 0 Å². The van der Waals surface area contributed by atoms with Gasteiger partial charge in [0.05, 0.1) is 13.1 Å². The highest BCUT2D eigenvalue weighted by Gasteiger charge is 2.30. The molecule has 8 heteroatoms. The van der Waals surface area contributed by atoms with Crippen molar-refractivity contribution in [1.82, 2.24) is 34.7 Å². The molecule has 2 aromatic heterocycles. The van der Waals surface area contributed by atoms with Crippen LogP contribution in [-0.4, -0.2) is 60.9 Å². The number of aromatic nitrogens is 5. The Kier molecular flexibility index (Phi) is 4.56. The predicted octanol–water partition coefficient (Wildman–Crippen LogP) is 1.48. The number of piperidine rings is 1. The van der Waals surface area contributed by atoms with Gasteiger partial charge in [-0.1, -0.05) is 5.16 Å². The van der Waals surface area contributed by atoms with Gasteiger partial charge in [0.1, 0.15) is 11.6 Å². The summed E-state index contributed by atoms with van der Waals surface area (Å²) in [6.07, 6.45) is 4.92. The number of hydrogen-bond donors (Lipinski definition) is 0. The van der Waals surface area contributed by atoms with E-state index in [9.17, 15) is 0 Å². The SMILES string of the molecule is Cc1nc(CN2CCCC(N(C)Cc3nnc(C4CC4)n3C)C2)no1. The molecule has 2 fully saturated rings. The lowest BCUT2D eigenvalue weighted by atomic mass is 10.0. The van der Waals surface area contributed by atoms with Gasteiger partial charge in [0, 0.05) is 32.5 Å². The Hall–Kier alpha value is -1.80. The topological polar surface area (TPSA) is 76.1 Å². The van der Waals surface area contributed by atoms with Crippen molar-refractivity contribution in [2.45, 2.75) is 57.7 Å². The predicted molar refractivity (Wildman–Crippen MR) is 91.8 cm³/mol. The van der Waals surface area contributed by atoms with E-state index < -0.39 is 0 Å². The Balaban J connectivity index is 1.35. The smallest absolute Gasteiger partial charge is 0.223 e. The maximum absolute atomic E-state index is 5.08. The lowest BCUT2D eigenvalue weighted by Crippen LogP contribution is -2.46. The molecule has 136 valence electrons. The fourth-order valence-corrected chi connectivity index (χ4v) is 3.70. The highest BCUT2D eigenvalue weighted by Crippen LogP contribution is 2.38. The van der Waals surface area contributed by atoms with E-state index in [-0.39, 0.29) is 0 Å². The van der Waals surface area contributed by atoms with Crippen LogP contribution in [0.25, 0.3) is 0 Å². The molecule has 3 heterocycles. The summed E-state index contributed by atoms with van der Waals surface area (Å²) in [5.41, 5.74) is 0. The van der Waals surface area contributed by atoms with Crippen LogP contribution in [0.4, 0.5) is 0 Å². The van der Waals surface area contributed by atoms with Crippen LogP contribution < -0.4 is 0 Å². The van der Waals surface area contributed by atoms with Crippen molar-refractivity contribution in [2.75, 3.05) is 20.1 Å². The third kappa shape index (κ3) is 3.74. The summed E-state index contributed by atoms with van der Waals surface area (Å²) in [5.74, 6) is 4.27. The van der Waals surface area contributed by atoms with Crippen LogP contribution in [0, 0.1) is 6.92 Å². The number of rotatable bonds is 6. The van der Waals surface area contributed by atoms with E-state index in [0.29, 0.717) is 17.9 Å². The molecule has 1 aliphatic heterocycles. The van der Waals surface area contributed by atoms with E-state index in [4.69, 9.17) is 4.52 Å². The van der Waals surface area contributed by atoms with E-state index in [2.05, 4.69) is 48.8 Å². The minimum atomic E-state index is 0.517. The van der Waals surface area contributed by atoms with E-state index in [1.165, 1.54) is 25.7 Å². The highest BCUT2D eigenvalue weighted by molar-refractivity contribution is 5.07. The Bertz CT molecular complexity index is 720. The molecule has 1 saturated carbocycles. The average molecular weight is 345 g/mol. The van der Waals surface area contributed by atoms with E-state index in [1.807, 2.05) is 6.92 Å². The largest absolute Gasteiger partial charge is 0.340 e. The lowest BCUT2D eigenvalue weighted by molar-refractivity contribution is 0.102. The second-order valence-electron chi connectivity index (χ2n) is 7.48. The first-order chi connectivity index (χ1) is 12.1. The molecule has 0 radical (unpaired) electrons. The summed E-state index contributed by atoms with van der Waals surface area (Å²) in [5, 5.41) is 12.8. The van der Waals surface area contributed by atoms with Crippen LogP contribution in [-0.2, 0) is 20.1 Å². The van der Waals surface area contributed by atoms with Gasteiger partial charge < -0.3 is 9.09 Å². The normalized spacial score (nSPS) is 22.0. The van der Waals surface area contributed by atoms with Crippen molar-refractivity contribution in [3.8, 4) is 0 Å². The van der Waals surface area contributed by atoms with E-state index in [1.54, 1.807) is 0 Å². The molecule has 0 N–H and O–H groups in total. The average Bonchev–Trinajstić information content (AvgIpc) is 3.27. The summed E-state index contributed by atoms with van der Waals surface area (Å²) >= 11 is 0. The van der Waals surface area contributed by atoms with Gasteiger partial charge in [-0.2, -0.15) is 4.98 Å². The third-order valence-electron chi connectivity index (χ3n) is 5.37. The van der Waals surface area contributed by atoms with Crippen molar-refractivity contribution in [1.29, 1.82) is 0 Å². The molecular weight excluding hydrogens is 318 g/mol. The first-order valence-electron chi connectivity index (χ1n) is 9.20. The Labute approximate surface area is 148 Å². The quantitative estimate of drug-likeness (QED) is 0.785. The number of aryl methyl sites for hydroxylation is 1. The van der Waals surface area contributed by atoms with Crippen LogP contribution in [0.15, 0.2) is 4.52 Å². The maximum Gasteiger partial charge on any atom is 0.223 e. The molecule has 0 aromatic carbocycles. The minimum Gasteiger partial charge on any atom is -0.340 e. The van der Waals surface area contributed by atoms with Crippen LogP contribution >= 0.6 is 0 Å². The fourth-order valence-electron chi connectivity index (χ4n) is 3.70. The molecule has 1 unspecified atom stereocenters. The number of hydrogen-bond acceptors (Lipinski definition) is 7. The molecule has 8 nitrogen and oxygen atoms in total. The van der Waals surface area contributed by atoms with Crippen LogP contribution in [0.3, 0.4) is 0 Å². The molecule has 0 bridgehead atoms. The van der Waals surface area contributed by atoms with E-state index in [0.717, 1.165) is 43.7 Å². The highest BCUT2D eigenvalue weighted by atomic mass is 16.5. The standard InChI is InChI=1S/C17H27N7O/c1-12-18-15(21-25-12)10-24-8-4-5-14(9-24)22(2)11-16-19-20-17(23(16)3)13-6-7-13/h13-14H,4-11H2,1-3H3. The molecule has 4 rings (SSSR count). The first kappa shape index (κ1) is 16.7.